The summed E-state index contributed by atoms with van der Waals surface area (Å²) in [4.78, 5) is 2.61. The van der Waals surface area contributed by atoms with Gasteiger partial charge in [-0.3, -0.25) is 4.90 Å². The van der Waals surface area contributed by atoms with E-state index in [1.807, 2.05) is 36.4 Å². The molecule has 2 aromatic heterocycles. The predicted octanol–water partition coefficient (Wildman–Crippen LogP) is 3.49. The van der Waals surface area contributed by atoms with Crippen LogP contribution in [-0.2, 0) is 10.0 Å². The SMILES string of the molecule is CC[C@@H]1CCCCN1CCNS(=O)(=O)c1c(C)nn(-c2ccc(-c3ccccc3)nn2)c1C. The third-order valence-electron chi connectivity index (χ3n) is 6.34. The molecule has 1 N–H and O–H groups in total. The van der Waals surface area contributed by atoms with Gasteiger partial charge >= 0.3 is 0 Å². The van der Waals surface area contributed by atoms with Crippen LogP contribution in [0.25, 0.3) is 17.1 Å². The van der Waals surface area contributed by atoms with E-state index < -0.39 is 10.0 Å². The highest BCUT2D eigenvalue weighted by atomic mass is 32.2. The molecule has 1 atom stereocenters. The van der Waals surface area contributed by atoms with Crippen LogP contribution >= 0.6 is 0 Å². The summed E-state index contributed by atoms with van der Waals surface area (Å²) in [7, 11) is -3.69. The van der Waals surface area contributed by atoms with Crippen LogP contribution in [0.3, 0.4) is 0 Å². The molecule has 1 aromatic carbocycles. The highest BCUT2D eigenvalue weighted by Gasteiger charge is 2.26. The van der Waals surface area contributed by atoms with E-state index in [-0.39, 0.29) is 4.90 Å². The number of rotatable bonds is 8. The van der Waals surface area contributed by atoms with E-state index >= 15 is 0 Å². The molecular formula is C24H32N6O2S. The van der Waals surface area contributed by atoms with Crippen LogP contribution in [-0.4, -0.2) is 59.0 Å². The molecular weight excluding hydrogens is 436 g/mol. The van der Waals surface area contributed by atoms with Gasteiger partial charge in [0.1, 0.15) is 4.90 Å². The number of hydrogen-bond acceptors (Lipinski definition) is 6. The van der Waals surface area contributed by atoms with Gasteiger partial charge in [-0.25, -0.2) is 17.8 Å². The second kappa shape index (κ2) is 10.1. The standard InChI is InChI=1S/C24H32N6O2S/c1-4-21-12-8-9-16-29(21)17-15-25-33(31,32)24-18(2)28-30(19(24)3)23-14-13-22(26-27-23)20-10-6-5-7-11-20/h5-7,10-11,13-14,21,25H,4,8-9,12,15-17H2,1-3H3/t21-/m1/s1. The van der Waals surface area contributed by atoms with Crippen LogP contribution in [0.4, 0.5) is 0 Å². The predicted molar refractivity (Wildman–Crippen MR) is 129 cm³/mol. The Bertz CT molecular complexity index is 1180. The normalized spacial score (nSPS) is 17.4. The van der Waals surface area contributed by atoms with Crippen molar-refractivity contribution in [1.82, 2.24) is 29.6 Å². The largest absolute Gasteiger partial charge is 0.299 e. The van der Waals surface area contributed by atoms with Crippen LogP contribution in [0.5, 0.6) is 0 Å². The highest BCUT2D eigenvalue weighted by molar-refractivity contribution is 7.89. The second-order valence-electron chi connectivity index (χ2n) is 8.55. The number of nitrogens with zero attached hydrogens (tertiary/aromatic N) is 5. The molecule has 1 fully saturated rings. The number of benzene rings is 1. The lowest BCUT2D eigenvalue weighted by Gasteiger charge is -2.35. The average molecular weight is 469 g/mol. The average Bonchev–Trinajstić information content (AvgIpc) is 3.14. The number of aryl methyl sites for hydroxylation is 1. The van der Waals surface area contributed by atoms with Crippen LogP contribution < -0.4 is 4.72 Å². The minimum Gasteiger partial charge on any atom is -0.299 e. The van der Waals surface area contributed by atoms with E-state index in [1.165, 1.54) is 19.3 Å². The van der Waals surface area contributed by atoms with Crippen molar-refractivity contribution in [3.63, 3.8) is 0 Å². The van der Waals surface area contributed by atoms with Gasteiger partial charge in [-0.1, -0.05) is 43.7 Å². The second-order valence-corrected chi connectivity index (χ2v) is 10.2. The summed E-state index contributed by atoms with van der Waals surface area (Å²) >= 11 is 0. The lowest BCUT2D eigenvalue weighted by Crippen LogP contribution is -2.43. The summed E-state index contributed by atoms with van der Waals surface area (Å²) < 4.78 is 30.6. The molecule has 176 valence electrons. The van der Waals surface area contributed by atoms with Crippen molar-refractivity contribution in [3.8, 4) is 17.1 Å². The van der Waals surface area contributed by atoms with Gasteiger partial charge in [-0.2, -0.15) is 5.10 Å². The van der Waals surface area contributed by atoms with E-state index in [4.69, 9.17) is 0 Å². The van der Waals surface area contributed by atoms with Gasteiger partial charge in [0.15, 0.2) is 5.82 Å². The Labute approximate surface area is 196 Å². The van der Waals surface area contributed by atoms with Gasteiger partial charge in [0, 0.05) is 24.7 Å². The lowest BCUT2D eigenvalue weighted by atomic mass is 10.0. The Morgan fingerprint density at radius 2 is 1.85 bits per heavy atom. The number of nitrogens with one attached hydrogen (secondary N) is 1. The Kier molecular flexibility index (Phi) is 7.21. The van der Waals surface area contributed by atoms with E-state index in [1.54, 1.807) is 24.6 Å². The van der Waals surface area contributed by atoms with E-state index in [0.717, 1.165) is 30.8 Å². The fraction of sp³-hybridized carbons (Fsp3) is 0.458. The Balaban J connectivity index is 1.49. The smallest absolute Gasteiger partial charge is 0.244 e. The first-order valence-corrected chi connectivity index (χ1v) is 13.1. The number of sulfonamides is 1. The molecule has 1 aliphatic rings. The van der Waals surface area contributed by atoms with Gasteiger partial charge in [-0.15, -0.1) is 10.2 Å². The molecule has 0 radical (unpaired) electrons. The topological polar surface area (TPSA) is 93.0 Å². The molecule has 0 saturated carbocycles. The fourth-order valence-corrected chi connectivity index (χ4v) is 6.06. The number of piperidine rings is 1. The molecule has 0 unspecified atom stereocenters. The molecule has 0 amide bonds. The summed E-state index contributed by atoms with van der Waals surface area (Å²) in [5, 5.41) is 13.1. The summed E-state index contributed by atoms with van der Waals surface area (Å²) in [6, 6.07) is 14.0. The van der Waals surface area contributed by atoms with E-state index in [2.05, 4.69) is 31.8 Å². The molecule has 3 aromatic rings. The minimum atomic E-state index is -3.69. The lowest BCUT2D eigenvalue weighted by molar-refractivity contribution is 0.147. The van der Waals surface area contributed by atoms with Gasteiger partial charge in [0.25, 0.3) is 0 Å². The highest BCUT2D eigenvalue weighted by Crippen LogP contribution is 2.23. The first-order chi connectivity index (χ1) is 15.9. The van der Waals surface area contributed by atoms with Crippen molar-refractivity contribution in [1.29, 1.82) is 0 Å². The molecule has 8 nitrogen and oxygen atoms in total. The molecule has 3 heterocycles. The third kappa shape index (κ3) is 5.15. The van der Waals surface area contributed by atoms with Crippen LogP contribution in [0.1, 0.15) is 44.0 Å². The van der Waals surface area contributed by atoms with Crippen LogP contribution in [0.15, 0.2) is 47.4 Å². The summed E-state index contributed by atoms with van der Waals surface area (Å²) in [5.74, 6) is 0.482. The van der Waals surface area contributed by atoms with Crippen molar-refractivity contribution in [3.05, 3.63) is 53.9 Å². The zero-order valence-corrected chi connectivity index (χ0v) is 20.3. The van der Waals surface area contributed by atoms with Crippen molar-refractivity contribution in [2.75, 3.05) is 19.6 Å². The first kappa shape index (κ1) is 23.5. The summed E-state index contributed by atoms with van der Waals surface area (Å²) in [6.45, 7) is 7.79. The van der Waals surface area contributed by atoms with Gasteiger partial charge in [-0.05, 0) is 51.8 Å². The van der Waals surface area contributed by atoms with Crippen LogP contribution in [0, 0.1) is 13.8 Å². The molecule has 0 spiro atoms. The number of aromatic nitrogens is 4. The summed E-state index contributed by atoms with van der Waals surface area (Å²) in [5.41, 5.74) is 2.68. The molecule has 33 heavy (non-hydrogen) atoms. The van der Waals surface area contributed by atoms with Gasteiger partial charge < -0.3 is 0 Å². The fourth-order valence-electron chi connectivity index (χ4n) is 4.65. The zero-order chi connectivity index (χ0) is 23.4. The minimum absolute atomic E-state index is 0.210. The van der Waals surface area contributed by atoms with Crippen molar-refractivity contribution >= 4 is 10.0 Å². The van der Waals surface area contributed by atoms with Crippen LogP contribution in [0.2, 0.25) is 0 Å². The number of likely N-dealkylation sites (tertiary alicyclic amines) is 1. The Morgan fingerprint density at radius 1 is 1.06 bits per heavy atom. The molecule has 9 heteroatoms. The van der Waals surface area contributed by atoms with Gasteiger partial charge in [0.05, 0.1) is 17.1 Å². The molecule has 0 bridgehead atoms. The zero-order valence-electron chi connectivity index (χ0n) is 19.5. The molecule has 4 rings (SSSR count). The maximum Gasteiger partial charge on any atom is 0.244 e. The van der Waals surface area contributed by atoms with E-state index in [9.17, 15) is 8.42 Å². The van der Waals surface area contributed by atoms with Crippen molar-refractivity contribution < 1.29 is 8.42 Å². The van der Waals surface area contributed by atoms with Crippen molar-refractivity contribution in [2.45, 2.75) is 57.4 Å². The third-order valence-corrected chi connectivity index (χ3v) is 8.05. The Hall–Kier alpha value is -2.62. The maximum absolute atomic E-state index is 13.1. The molecule has 0 aliphatic carbocycles. The summed E-state index contributed by atoms with van der Waals surface area (Å²) in [6.07, 6.45) is 4.73. The van der Waals surface area contributed by atoms with Crippen molar-refractivity contribution in [2.24, 2.45) is 0 Å². The van der Waals surface area contributed by atoms with Gasteiger partial charge in [0.2, 0.25) is 10.0 Å². The first-order valence-electron chi connectivity index (χ1n) is 11.6. The maximum atomic E-state index is 13.1. The molecule has 1 aliphatic heterocycles. The quantitative estimate of drug-likeness (QED) is 0.544. The van der Waals surface area contributed by atoms with E-state index in [0.29, 0.717) is 29.8 Å². The molecule has 1 saturated heterocycles. The Morgan fingerprint density at radius 3 is 2.55 bits per heavy atom. The monoisotopic (exact) mass is 468 g/mol. The number of hydrogen-bond donors (Lipinski definition) is 1.